The molecule has 0 radical (unpaired) electrons. The van der Waals surface area contributed by atoms with Gasteiger partial charge in [0.1, 0.15) is 5.82 Å². The van der Waals surface area contributed by atoms with Gasteiger partial charge in [0.25, 0.3) is 0 Å². The fourth-order valence-corrected chi connectivity index (χ4v) is 3.19. The molecule has 5 heteroatoms. The first-order valence-electron chi connectivity index (χ1n) is 7.29. The Labute approximate surface area is 134 Å². The Morgan fingerprint density at radius 3 is 2.36 bits per heavy atom. The minimum absolute atomic E-state index is 0.0493. The SMILES string of the molecule is CC(C)N(Cc1ccc(-c2ccc(F)cc2)s1)C(=O)[C@H](C)N. The van der Waals surface area contributed by atoms with Crippen molar-refractivity contribution in [2.75, 3.05) is 0 Å². The lowest BCUT2D eigenvalue weighted by molar-refractivity contribution is -0.134. The van der Waals surface area contributed by atoms with E-state index in [-0.39, 0.29) is 17.8 Å². The summed E-state index contributed by atoms with van der Waals surface area (Å²) in [6.07, 6.45) is 0. The number of amides is 1. The van der Waals surface area contributed by atoms with Crippen LogP contribution in [0.5, 0.6) is 0 Å². The van der Waals surface area contributed by atoms with Crippen molar-refractivity contribution in [2.45, 2.75) is 39.4 Å². The van der Waals surface area contributed by atoms with E-state index in [4.69, 9.17) is 5.73 Å². The molecule has 1 heterocycles. The van der Waals surface area contributed by atoms with Gasteiger partial charge in [-0.2, -0.15) is 0 Å². The second-order valence-corrected chi connectivity index (χ2v) is 6.79. The fraction of sp³-hybridized carbons (Fsp3) is 0.353. The average molecular weight is 320 g/mol. The third-order valence-electron chi connectivity index (χ3n) is 3.41. The van der Waals surface area contributed by atoms with Crippen molar-refractivity contribution in [1.82, 2.24) is 4.90 Å². The van der Waals surface area contributed by atoms with Gasteiger partial charge in [0.15, 0.2) is 0 Å². The van der Waals surface area contributed by atoms with E-state index < -0.39 is 6.04 Å². The smallest absolute Gasteiger partial charge is 0.239 e. The minimum atomic E-state index is -0.501. The molecule has 1 aromatic carbocycles. The van der Waals surface area contributed by atoms with E-state index in [1.165, 1.54) is 12.1 Å². The Kier molecular flexibility index (Phi) is 5.32. The van der Waals surface area contributed by atoms with Crippen molar-refractivity contribution in [1.29, 1.82) is 0 Å². The van der Waals surface area contributed by atoms with Crippen LogP contribution >= 0.6 is 11.3 Å². The number of rotatable bonds is 5. The number of benzene rings is 1. The monoisotopic (exact) mass is 320 g/mol. The van der Waals surface area contributed by atoms with Gasteiger partial charge in [-0.1, -0.05) is 12.1 Å². The topological polar surface area (TPSA) is 46.3 Å². The van der Waals surface area contributed by atoms with E-state index >= 15 is 0 Å². The zero-order valence-corrected chi connectivity index (χ0v) is 13.9. The van der Waals surface area contributed by atoms with Crippen LogP contribution in [0.3, 0.4) is 0 Å². The lowest BCUT2D eigenvalue weighted by Crippen LogP contribution is -2.44. The van der Waals surface area contributed by atoms with E-state index in [0.717, 1.165) is 15.3 Å². The quantitative estimate of drug-likeness (QED) is 0.914. The summed E-state index contributed by atoms with van der Waals surface area (Å²) in [6, 6.07) is 10.0. The summed E-state index contributed by atoms with van der Waals surface area (Å²) in [7, 11) is 0. The van der Waals surface area contributed by atoms with Gasteiger partial charge in [-0.05, 0) is 50.6 Å². The summed E-state index contributed by atoms with van der Waals surface area (Å²) in [6.45, 7) is 6.21. The van der Waals surface area contributed by atoms with Gasteiger partial charge in [-0.15, -0.1) is 11.3 Å². The highest BCUT2D eigenvalue weighted by molar-refractivity contribution is 7.15. The van der Waals surface area contributed by atoms with E-state index in [2.05, 4.69) is 0 Å². The molecule has 3 nitrogen and oxygen atoms in total. The van der Waals surface area contributed by atoms with E-state index in [1.807, 2.05) is 26.0 Å². The van der Waals surface area contributed by atoms with Crippen molar-refractivity contribution in [3.8, 4) is 10.4 Å². The maximum Gasteiger partial charge on any atom is 0.239 e. The van der Waals surface area contributed by atoms with Crippen molar-refractivity contribution < 1.29 is 9.18 Å². The van der Waals surface area contributed by atoms with Gasteiger partial charge >= 0.3 is 0 Å². The van der Waals surface area contributed by atoms with Crippen molar-refractivity contribution in [2.24, 2.45) is 5.73 Å². The van der Waals surface area contributed by atoms with Crippen molar-refractivity contribution in [3.05, 3.63) is 47.1 Å². The number of carbonyl (C=O) groups is 1. The molecule has 1 aromatic heterocycles. The molecule has 0 fully saturated rings. The Hall–Kier alpha value is -1.72. The van der Waals surface area contributed by atoms with E-state index in [9.17, 15) is 9.18 Å². The molecule has 0 spiro atoms. The molecule has 0 aliphatic heterocycles. The first kappa shape index (κ1) is 16.6. The van der Waals surface area contributed by atoms with E-state index in [1.54, 1.807) is 35.3 Å². The van der Waals surface area contributed by atoms with Crippen molar-refractivity contribution in [3.63, 3.8) is 0 Å². The Morgan fingerprint density at radius 1 is 1.18 bits per heavy atom. The van der Waals surface area contributed by atoms with E-state index in [0.29, 0.717) is 6.54 Å². The molecule has 2 N–H and O–H groups in total. The third kappa shape index (κ3) is 3.93. The van der Waals surface area contributed by atoms with Gasteiger partial charge in [-0.3, -0.25) is 4.79 Å². The predicted octanol–water partition coefficient (Wildman–Crippen LogP) is 3.64. The molecule has 0 aliphatic rings. The molecule has 0 saturated heterocycles. The number of hydrogen-bond donors (Lipinski definition) is 1. The number of halogens is 1. The molecule has 118 valence electrons. The number of thiophene rings is 1. The molecule has 0 saturated carbocycles. The number of hydrogen-bond acceptors (Lipinski definition) is 3. The molecule has 2 aromatic rings. The molecule has 2 rings (SSSR count). The highest BCUT2D eigenvalue weighted by Gasteiger charge is 2.21. The summed E-state index contributed by atoms with van der Waals surface area (Å²) >= 11 is 1.61. The summed E-state index contributed by atoms with van der Waals surface area (Å²) in [5, 5.41) is 0. The van der Waals surface area contributed by atoms with Crippen LogP contribution < -0.4 is 5.73 Å². The zero-order valence-electron chi connectivity index (χ0n) is 13.0. The van der Waals surface area contributed by atoms with Gasteiger partial charge in [0, 0.05) is 15.8 Å². The summed E-state index contributed by atoms with van der Waals surface area (Å²) in [5.74, 6) is -0.291. The van der Waals surface area contributed by atoms with Crippen LogP contribution in [0.15, 0.2) is 36.4 Å². The Balaban J connectivity index is 2.16. The van der Waals surface area contributed by atoms with Crippen LogP contribution in [0.1, 0.15) is 25.6 Å². The normalized spacial score (nSPS) is 12.5. The number of nitrogens with two attached hydrogens (primary N) is 1. The minimum Gasteiger partial charge on any atom is -0.334 e. The molecule has 22 heavy (non-hydrogen) atoms. The molecular formula is C17H21FN2OS. The maximum atomic E-state index is 13.0. The number of carbonyl (C=O) groups excluding carboxylic acids is 1. The molecular weight excluding hydrogens is 299 g/mol. The van der Waals surface area contributed by atoms with Gasteiger partial charge < -0.3 is 10.6 Å². The Morgan fingerprint density at radius 2 is 1.82 bits per heavy atom. The highest BCUT2D eigenvalue weighted by atomic mass is 32.1. The van der Waals surface area contributed by atoms with Crippen molar-refractivity contribution >= 4 is 17.2 Å². The molecule has 0 bridgehead atoms. The zero-order chi connectivity index (χ0) is 16.3. The lowest BCUT2D eigenvalue weighted by atomic mass is 10.2. The largest absolute Gasteiger partial charge is 0.334 e. The fourth-order valence-electron chi connectivity index (χ4n) is 2.18. The average Bonchev–Trinajstić information content (AvgIpc) is 2.93. The molecule has 0 unspecified atom stereocenters. The molecule has 1 amide bonds. The maximum absolute atomic E-state index is 13.0. The van der Waals surface area contributed by atoms with Crippen LogP contribution in [-0.2, 0) is 11.3 Å². The first-order valence-corrected chi connectivity index (χ1v) is 8.11. The highest BCUT2D eigenvalue weighted by Crippen LogP contribution is 2.29. The van der Waals surface area contributed by atoms with Crippen LogP contribution in [0.4, 0.5) is 4.39 Å². The van der Waals surface area contributed by atoms with Crippen LogP contribution in [0, 0.1) is 5.82 Å². The second-order valence-electron chi connectivity index (χ2n) is 5.62. The Bertz CT molecular complexity index is 634. The summed E-state index contributed by atoms with van der Waals surface area (Å²) in [4.78, 5) is 16.1. The summed E-state index contributed by atoms with van der Waals surface area (Å²) in [5.41, 5.74) is 6.69. The van der Waals surface area contributed by atoms with Crippen LogP contribution in [0.2, 0.25) is 0 Å². The third-order valence-corrected chi connectivity index (χ3v) is 4.53. The first-order chi connectivity index (χ1) is 10.4. The van der Waals surface area contributed by atoms with Gasteiger partial charge in [-0.25, -0.2) is 4.39 Å². The number of nitrogens with zero attached hydrogens (tertiary/aromatic N) is 1. The lowest BCUT2D eigenvalue weighted by Gasteiger charge is -2.27. The van der Waals surface area contributed by atoms with Gasteiger partial charge in [0.2, 0.25) is 5.91 Å². The van der Waals surface area contributed by atoms with Crippen LogP contribution in [-0.4, -0.2) is 22.9 Å². The summed E-state index contributed by atoms with van der Waals surface area (Å²) < 4.78 is 13.0. The molecule has 1 atom stereocenters. The standard InChI is InChI=1S/C17H21FN2OS/c1-11(2)20(17(21)12(3)19)10-15-8-9-16(22-15)13-4-6-14(18)7-5-13/h4-9,11-12H,10,19H2,1-3H3/t12-/m0/s1. The molecule has 0 aliphatic carbocycles. The van der Waals surface area contributed by atoms with Crippen LogP contribution in [0.25, 0.3) is 10.4 Å². The second kappa shape index (κ2) is 7.03. The predicted molar refractivity (Wildman–Crippen MR) is 89.0 cm³/mol. The van der Waals surface area contributed by atoms with Gasteiger partial charge in [0.05, 0.1) is 12.6 Å².